The summed E-state index contributed by atoms with van der Waals surface area (Å²) in [4.78, 5) is 9.91. The molecule has 0 spiro atoms. The van der Waals surface area contributed by atoms with Crippen LogP contribution in [0, 0.1) is 25.0 Å². The predicted molar refractivity (Wildman–Crippen MR) is 258 cm³/mol. The second-order valence-electron chi connectivity index (χ2n) is 17.2. The van der Waals surface area contributed by atoms with Gasteiger partial charge in [0, 0.05) is 37.4 Å². The molecule has 7 aromatic carbocycles. The molecule has 6 heteroatoms. The van der Waals surface area contributed by atoms with Crippen LogP contribution in [0.3, 0.4) is 0 Å². The summed E-state index contributed by atoms with van der Waals surface area (Å²) >= 11 is 0. The summed E-state index contributed by atoms with van der Waals surface area (Å²) in [5.41, 5.74) is 14.9. The quantitative estimate of drug-likeness (QED) is 0.113. The normalized spacial score (nSPS) is 11.5. The third-order valence-corrected chi connectivity index (χ3v) is 13.3. The van der Waals surface area contributed by atoms with E-state index >= 15 is 0 Å². The van der Waals surface area contributed by atoms with Crippen LogP contribution in [0.15, 0.2) is 174 Å². The van der Waals surface area contributed by atoms with Crippen molar-refractivity contribution in [3.8, 4) is 50.6 Å². The maximum absolute atomic E-state index is 6.31. The van der Waals surface area contributed by atoms with Crippen molar-refractivity contribution in [1.82, 2.24) is 14.5 Å². The molecule has 0 saturated carbocycles. The smallest absolute Gasteiger partial charge is 0.123 e. The molecule has 0 bridgehead atoms. The van der Waals surface area contributed by atoms with Gasteiger partial charge in [0.25, 0.3) is 0 Å². The van der Waals surface area contributed by atoms with E-state index in [1.807, 2.05) is 36.4 Å². The van der Waals surface area contributed by atoms with Crippen LogP contribution in [0.4, 0.5) is 0 Å². The van der Waals surface area contributed by atoms with Crippen LogP contribution in [0.5, 0.6) is 0 Å². The van der Waals surface area contributed by atoms with Gasteiger partial charge in [-0.2, -0.15) is 0 Å². The Kier molecular flexibility index (Phi) is 12.4. The maximum Gasteiger partial charge on any atom is 0.123 e. The summed E-state index contributed by atoms with van der Waals surface area (Å²) in [5, 5.41) is 3.70. The number of pyridine rings is 1. The molecule has 0 atom stereocenters. The van der Waals surface area contributed by atoms with E-state index in [0.29, 0.717) is 5.92 Å². The molecule has 0 aliphatic rings. The van der Waals surface area contributed by atoms with Crippen molar-refractivity contribution >= 4 is 46.2 Å². The van der Waals surface area contributed by atoms with Gasteiger partial charge in [-0.25, -0.2) is 0 Å². The average Bonchev–Trinajstić information content (AvgIpc) is 3.86. The fourth-order valence-electron chi connectivity index (χ4n) is 8.49. The fourth-order valence-corrected chi connectivity index (χ4v) is 10.1. The molecule has 0 aliphatic carbocycles. The first-order valence-corrected chi connectivity index (χ1v) is 24.7. The summed E-state index contributed by atoms with van der Waals surface area (Å²) in [5.74, 6) is 1.50. The van der Waals surface area contributed by atoms with E-state index in [-0.39, 0.29) is 20.1 Å². The van der Waals surface area contributed by atoms with Gasteiger partial charge in [-0.3, -0.25) is 4.98 Å². The Balaban J connectivity index is 0.000000214. The van der Waals surface area contributed by atoms with Gasteiger partial charge >= 0.3 is 0 Å². The number of benzene rings is 7. The zero-order chi connectivity index (χ0) is 42.1. The Labute approximate surface area is 379 Å². The van der Waals surface area contributed by atoms with Gasteiger partial charge < -0.3 is 14.0 Å². The molecule has 10 rings (SSSR count). The summed E-state index contributed by atoms with van der Waals surface area (Å²) in [7, 11) is -1.34. The molecular weight excluding hydrogens is 951 g/mol. The van der Waals surface area contributed by atoms with Crippen LogP contribution in [0.1, 0.15) is 25.0 Å². The molecule has 309 valence electrons. The SMILES string of the molecule is CC(C)Cc1cc(-c2[c-]cccc2)ncc1[Si](C)(C)C.Cc1cc(-c2nc3ccccc3n2-c2c(-c3ccccc3)cccc2-c2ccccc2)[c-]c2oc3ccccc3c12.[Ir]. The Morgan fingerprint density at radius 3 is 2.00 bits per heavy atom. The van der Waals surface area contributed by atoms with Crippen molar-refractivity contribution < 1.29 is 24.5 Å². The molecule has 0 unspecified atom stereocenters. The zero-order valence-corrected chi connectivity index (χ0v) is 39.4. The van der Waals surface area contributed by atoms with E-state index in [1.165, 1.54) is 10.8 Å². The number of aryl methyl sites for hydroxylation is 1. The van der Waals surface area contributed by atoms with Crippen LogP contribution in [0.25, 0.3) is 83.6 Å². The van der Waals surface area contributed by atoms with E-state index in [0.717, 1.165) is 95.5 Å². The summed E-state index contributed by atoms with van der Waals surface area (Å²) in [6.07, 6.45) is 3.24. The Hall–Kier alpha value is -6.17. The summed E-state index contributed by atoms with van der Waals surface area (Å²) in [6.45, 7) is 13.9. The molecule has 0 fully saturated rings. The minimum absolute atomic E-state index is 0. The first kappa shape index (κ1) is 42.5. The largest absolute Gasteiger partial charge is 0.477 e. The van der Waals surface area contributed by atoms with Crippen LogP contribution >= 0.6 is 0 Å². The topological polar surface area (TPSA) is 43.9 Å². The van der Waals surface area contributed by atoms with Gasteiger partial charge in [0.2, 0.25) is 0 Å². The molecule has 0 aliphatic heterocycles. The number of imidazole rings is 1. The van der Waals surface area contributed by atoms with Crippen molar-refractivity contribution in [3.05, 3.63) is 193 Å². The number of aromatic nitrogens is 3. The minimum atomic E-state index is -1.34. The zero-order valence-electron chi connectivity index (χ0n) is 36.0. The van der Waals surface area contributed by atoms with Crippen molar-refractivity contribution in [3.63, 3.8) is 0 Å². The van der Waals surface area contributed by atoms with Gasteiger partial charge in [-0.15, -0.1) is 53.1 Å². The molecule has 3 heterocycles. The fraction of sp³-hybridized carbons (Fsp3) is 0.143. The minimum Gasteiger partial charge on any atom is -0.477 e. The van der Waals surface area contributed by atoms with Crippen LogP contribution in [-0.4, -0.2) is 22.6 Å². The van der Waals surface area contributed by atoms with Crippen molar-refractivity contribution in [2.45, 2.75) is 46.8 Å². The third kappa shape index (κ3) is 8.51. The molecule has 0 N–H and O–H groups in total. The van der Waals surface area contributed by atoms with Gasteiger partial charge in [0.05, 0.1) is 36.2 Å². The number of nitrogens with zero attached hydrogens (tertiary/aromatic N) is 3. The maximum atomic E-state index is 6.31. The Morgan fingerprint density at radius 2 is 1.34 bits per heavy atom. The third-order valence-electron chi connectivity index (χ3n) is 11.2. The predicted octanol–water partition coefficient (Wildman–Crippen LogP) is 14.3. The number of furan rings is 1. The van der Waals surface area contributed by atoms with Crippen molar-refractivity contribution in [2.75, 3.05) is 0 Å². The number of rotatable bonds is 8. The van der Waals surface area contributed by atoms with E-state index in [2.05, 4.69) is 196 Å². The van der Waals surface area contributed by atoms with Gasteiger partial charge in [-0.05, 0) is 57.9 Å². The van der Waals surface area contributed by atoms with Crippen LogP contribution < -0.4 is 5.19 Å². The molecule has 0 amide bonds. The monoisotopic (exact) mass is 1000 g/mol. The summed E-state index contributed by atoms with van der Waals surface area (Å²) < 4.78 is 8.61. The number of fused-ring (bicyclic) bond motifs is 4. The van der Waals surface area contributed by atoms with E-state index in [1.54, 1.807) is 0 Å². The molecule has 1 radical (unpaired) electrons. The summed E-state index contributed by atoms with van der Waals surface area (Å²) in [6, 6.07) is 63.7. The number of para-hydroxylation sites is 4. The Bertz CT molecular complexity index is 3070. The van der Waals surface area contributed by atoms with E-state index < -0.39 is 8.07 Å². The van der Waals surface area contributed by atoms with E-state index in [4.69, 9.17) is 9.40 Å². The molecule has 10 aromatic rings. The molecule has 0 saturated heterocycles. The number of hydrogen-bond acceptors (Lipinski definition) is 3. The van der Waals surface area contributed by atoms with Crippen LogP contribution in [-0.2, 0) is 26.5 Å². The first-order chi connectivity index (χ1) is 29.6. The molecule has 62 heavy (non-hydrogen) atoms. The number of hydrogen-bond donors (Lipinski definition) is 0. The van der Waals surface area contributed by atoms with Gasteiger partial charge in [0.15, 0.2) is 0 Å². The second kappa shape index (κ2) is 18.0. The van der Waals surface area contributed by atoms with Crippen molar-refractivity contribution in [2.24, 2.45) is 5.92 Å². The van der Waals surface area contributed by atoms with Gasteiger partial charge in [0.1, 0.15) is 5.58 Å². The first-order valence-electron chi connectivity index (χ1n) is 21.2. The Morgan fingerprint density at radius 1 is 0.694 bits per heavy atom. The molecule has 3 aromatic heterocycles. The van der Waals surface area contributed by atoms with E-state index in [9.17, 15) is 0 Å². The van der Waals surface area contributed by atoms with Crippen LogP contribution in [0.2, 0.25) is 19.6 Å². The molecular formula is C56H49IrN3OSi-2. The van der Waals surface area contributed by atoms with Crippen molar-refractivity contribution in [1.29, 1.82) is 0 Å². The standard InChI is InChI=1S/C38H25N2O.C18H24NSi.Ir/c1-25-23-28(24-35-36(25)31-17-8-11-22-34(31)41-35)38-39-32-20-9-10-21-33(32)40(38)37-29(26-13-4-2-5-14-26)18-12-19-30(37)27-15-6-3-7-16-27;1-14(2)11-16-12-17(15-9-7-6-8-10-15)19-13-18(16)20(3,4)5;/h2-23H,1H3;6-9,12-14H,11H2,1-5H3;/q2*-1;. The average molecular weight is 1000 g/mol. The van der Waals surface area contributed by atoms with Gasteiger partial charge in [-0.1, -0.05) is 173 Å². The molecule has 4 nitrogen and oxygen atoms in total. The second-order valence-corrected chi connectivity index (χ2v) is 22.3.